The zero-order chi connectivity index (χ0) is 11.4. The third kappa shape index (κ3) is 3.14. The molecule has 1 aromatic carbocycles. The van der Waals surface area contributed by atoms with E-state index in [0.29, 0.717) is 5.15 Å². The van der Waals surface area contributed by atoms with Crippen molar-refractivity contribution >= 4 is 35.0 Å². The van der Waals surface area contributed by atoms with E-state index in [1.807, 2.05) is 36.4 Å². The lowest BCUT2D eigenvalue weighted by Gasteiger charge is -2.03. The van der Waals surface area contributed by atoms with Crippen molar-refractivity contribution in [3.05, 3.63) is 58.3 Å². The number of nitrogens with zero attached hydrogens (tertiary/aromatic N) is 1. The average Bonchev–Trinajstić information content (AvgIpc) is 2.30. The maximum absolute atomic E-state index is 5.97. The molecule has 0 aliphatic carbocycles. The van der Waals surface area contributed by atoms with Crippen LogP contribution in [-0.4, -0.2) is 4.98 Å². The van der Waals surface area contributed by atoms with Gasteiger partial charge in [-0.15, -0.1) is 11.8 Å². The molecule has 0 aliphatic heterocycles. The minimum absolute atomic E-state index is 0.573. The number of halogens is 2. The molecule has 0 unspecified atom stereocenters. The smallest absolute Gasteiger partial charge is 0.133 e. The SMILES string of the molecule is Clc1ccc(SCc2cccnc2Cl)cc1. The number of aromatic nitrogens is 1. The van der Waals surface area contributed by atoms with Crippen LogP contribution in [0.3, 0.4) is 0 Å². The third-order valence-corrected chi connectivity index (χ3v) is 3.70. The highest BCUT2D eigenvalue weighted by molar-refractivity contribution is 7.98. The third-order valence-electron chi connectivity index (χ3n) is 2.04. The Hall–Kier alpha value is -0.700. The molecule has 4 heteroatoms. The van der Waals surface area contributed by atoms with E-state index in [2.05, 4.69) is 4.98 Å². The number of hydrogen-bond donors (Lipinski definition) is 0. The first-order valence-corrected chi connectivity index (χ1v) is 6.47. The monoisotopic (exact) mass is 269 g/mol. The second-order valence-corrected chi connectivity index (χ2v) is 5.04. The summed E-state index contributed by atoms with van der Waals surface area (Å²) in [5, 5.41) is 1.33. The van der Waals surface area contributed by atoms with E-state index >= 15 is 0 Å². The molecule has 0 atom stereocenters. The van der Waals surface area contributed by atoms with Gasteiger partial charge in [-0.25, -0.2) is 4.98 Å². The van der Waals surface area contributed by atoms with E-state index in [0.717, 1.165) is 16.3 Å². The molecule has 1 nitrogen and oxygen atoms in total. The molecule has 0 aliphatic rings. The summed E-state index contributed by atoms with van der Waals surface area (Å²) in [5.74, 6) is 0.814. The van der Waals surface area contributed by atoms with Crippen LogP contribution in [0.15, 0.2) is 47.5 Å². The van der Waals surface area contributed by atoms with Gasteiger partial charge in [-0.05, 0) is 35.9 Å². The molecule has 0 N–H and O–H groups in total. The van der Waals surface area contributed by atoms with E-state index in [-0.39, 0.29) is 0 Å². The van der Waals surface area contributed by atoms with Gasteiger partial charge in [0.1, 0.15) is 5.15 Å². The molecule has 2 aromatic rings. The molecular weight excluding hydrogens is 261 g/mol. The number of thioether (sulfide) groups is 1. The van der Waals surface area contributed by atoms with Crippen LogP contribution in [0.25, 0.3) is 0 Å². The van der Waals surface area contributed by atoms with Crippen molar-refractivity contribution in [2.24, 2.45) is 0 Å². The minimum Gasteiger partial charge on any atom is -0.244 e. The molecular formula is C12H9Cl2NS. The summed E-state index contributed by atoms with van der Waals surface area (Å²) in [7, 11) is 0. The van der Waals surface area contributed by atoms with Crippen molar-refractivity contribution in [2.75, 3.05) is 0 Å². The highest BCUT2D eigenvalue weighted by Gasteiger charge is 2.01. The van der Waals surface area contributed by atoms with Gasteiger partial charge < -0.3 is 0 Å². The van der Waals surface area contributed by atoms with Gasteiger partial charge in [0.25, 0.3) is 0 Å². The van der Waals surface area contributed by atoms with Crippen LogP contribution >= 0.6 is 35.0 Å². The molecule has 1 aromatic heterocycles. The Kier molecular flexibility index (Phi) is 4.10. The zero-order valence-corrected chi connectivity index (χ0v) is 10.7. The highest BCUT2D eigenvalue weighted by atomic mass is 35.5. The Morgan fingerprint density at radius 1 is 1.06 bits per heavy atom. The first kappa shape index (κ1) is 11.8. The van der Waals surface area contributed by atoms with Crippen molar-refractivity contribution in [3.63, 3.8) is 0 Å². The van der Waals surface area contributed by atoms with Crippen molar-refractivity contribution in [3.8, 4) is 0 Å². The summed E-state index contributed by atoms with van der Waals surface area (Å²) < 4.78 is 0. The van der Waals surface area contributed by atoms with Gasteiger partial charge in [0, 0.05) is 21.9 Å². The lowest BCUT2D eigenvalue weighted by molar-refractivity contribution is 1.25. The summed E-state index contributed by atoms with van der Waals surface area (Å²) in [5.41, 5.74) is 1.05. The number of benzene rings is 1. The molecule has 1 heterocycles. The van der Waals surface area contributed by atoms with Crippen molar-refractivity contribution < 1.29 is 0 Å². The van der Waals surface area contributed by atoms with E-state index in [9.17, 15) is 0 Å². The van der Waals surface area contributed by atoms with Gasteiger partial charge in [-0.2, -0.15) is 0 Å². The second kappa shape index (κ2) is 5.58. The van der Waals surface area contributed by atoms with Crippen molar-refractivity contribution in [1.82, 2.24) is 4.98 Å². The van der Waals surface area contributed by atoms with Crippen LogP contribution in [0.1, 0.15) is 5.56 Å². The molecule has 0 radical (unpaired) electrons. The van der Waals surface area contributed by atoms with Gasteiger partial charge >= 0.3 is 0 Å². The van der Waals surface area contributed by atoms with Gasteiger partial charge in [-0.1, -0.05) is 29.3 Å². The van der Waals surface area contributed by atoms with Crippen LogP contribution in [0.5, 0.6) is 0 Å². The zero-order valence-electron chi connectivity index (χ0n) is 8.36. The van der Waals surface area contributed by atoms with E-state index in [4.69, 9.17) is 23.2 Å². The van der Waals surface area contributed by atoms with Gasteiger partial charge in [-0.3, -0.25) is 0 Å². The van der Waals surface area contributed by atoms with Crippen LogP contribution in [-0.2, 0) is 5.75 Å². The lowest BCUT2D eigenvalue weighted by atomic mass is 10.3. The number of hydrogen-bond acceptors (Lipinski definition) is 2. The summed E-state index contributed by atoms with van der Waals surface area (Å²) in [6.07, 6.45) is 1.69. The normalized spacial score (nSPS) is 10.4. The molecule has 0 amide bonds. The van der Waals surface area contributed by atoms with E-state index < -0.39 is 0 Å². The predicted octanol–water partition coefficient (Wildman–Crippen LogP) is 4.68. The Morgan fingerprint density at radius 2 is 1.81 bits per heavy atom. The molecule has 0 saturated carbocycles. The summed E-state index contributed by atoms with van der Waals surface area (Å²) in [6.45, 7) is 0. The molecule has 0 fully saturated rings. The van der Waals surface area contributed by atoms with Crippen molar-refractivity contribution in [1.29, 1.82) is 0 Å². The van der Waals surface area contributed by atoms with Crippen LogP contribution in [0.4, 0.5) is 0 Å². The molecule has 0 spiro atoms. The number of pyridine rings is 1. The Morgan fingerprint density at radius 3 is 2.50 bits per heavy atom. The predicted molar refractivity (Wildman–Crippen MR) is 70.3 cm³/mol. The van der Waals surface area contributed by atoms with Gasteiger partial charge in [0.05, 0.1) is 0 Å². The first-order chi connectivity index (χ1) is 7.75. The average molecular weight is 270 g/mol. The van der Waals surface area contributed by atoms with E-state index in [1.54, 1.807) is 18.0 Å². The Labute approximate surface area is 109 Å². The highest BCUT2D eigenvalue weighted by Crippen LogP contribution is 2.26. The standard InChI is InChI=1S/C12H9Cl2NS/c13-10-3-5-11(6-4-10)16-8-9-2-1-7-15-12(9)14/h1-7H,8H2. The summed E-state index contributed by atoms with van der Waals surface area (Å²) in [4.78, 5) is 5.21. The fourth-order valence-corrected chi connectivity index (χ4v) is 2.49. The molecule has 0 bridgehead atoms. The Bertz CT molecular complexity index is 471. The molecule has 2 rings (SSSR count). The van der Waals surface area contributed by atoms with Gasteiger partial charge in [0.15, 0.2) is 0 Å². The fraction of sp³-hybridized carbons (Fsp3) is 0.0833. The van der Waals surface area contributed by atoms with Crippen LogP contribution in [0, 0.1) is 0 Å². The maximum Gasteiger partial charge on any atom is 0.133 e. The fourth-order valence-electron chi connectivity index (χ4n) is 1.22. The summed E-state index contributed by atoms with van der Waals surface area (Å²) in [6, 6.07) is 11.6. The second-order valence-electron chi connectivity index (χ2n) is 3.20. The van der Waals surface area contributed by atoms with Crippen molar-refractivity contribution in [2.45, 2.75) is 10.6 Å². The number of rotatable bonds is 3. The maximum atomic E-state index is 5.97. The van der Waals surface area contributed by atoms with Gasteiger partial charge in [0.2, 0.25) is 0 Å². The largest absolute Gasteiger partial charge is 0.244 e. The topological polar surface area (TPSA) is 12.9 Å². The molecule has 16 heavy (non-hydrogen) atoms. The van der Waals surface area contributed by atoms with E-state index in [1.165, 1.54) is 4.90 Å². The molecule has 82 valence electrons. The summed E-state index contributed by atoms with van der Waals surface area (Å²) >= 11 is 13.5. The Balaban J connectivity index is 2.02. The van der Waals surface area contributed by atoms with Crippen LogP contribution < -0.4 is 0 Å². The minimum atomic E-state index is 0.573. The first-order valence-electron chi connectivity index (χ1n) is 4.73. The lowest BCUT2D eigenvalue weighted by Crippen LogP contribution is -1.84. The quantitative estimate of drug-likeness (QED) is 0.593. The van der Waals surface area contributed by atoms with Crippen LogP contribution in [0.2, 0.25) is 10.2 Å². The molecule has 0 saturated heterocycles.